The molecule has 1 aromatic carbocycles. The largest absolute Gasteiger partial charge is 0.301 e. The molecule has 4 nitrogen and oxygen atoms in total. The van der Waals surface area contributed by atoms with Crippen LogP contribution < -0.4 is 5.32 Å². The SMILES string of the molecule is CC(C)N1CCC(c2cc(F)c(C3CCC(=O)NC3=O)cc2F)CC1. The van der Waals surface area contributed by atoms with Gasteiger partial charge in [-0.15, -0.1) is 0 Å². The van der Waals surface area contributed by atoms with Crippen molar-refractivity contribution in [3.05, 3.63) is 34.9 Å². The summed E-state index contributed by atoms with van der Waals surface area (Å²) in [6.45, 7) is 6.02. The van der Waals surface area contributed by atoms with E-state index in [1.807, 2.05) is 0 Å². The molecule has 0 aromatic heterocycles. The first kappa shape index (κ1) is 18.0. The summed E-state index contributed by atoms with van der Waals surface area (Å²) in [6, 6.07) is 2.86. The normalized spacial score (nSPS) is 23.2. The number of hydrogen-bond donors (Lipinski definition) is 1. The molecule has 0 aliphatic carbocycles. The molecule has 2 heterocycles. The second-order valence-electron chi connectivity index (χ2n) is 7.30. The van der Waals surface area contributed by atoms with Crippen LogP contribution in [-0.4, -0.2) is 35.8 Å². The van der Waals surface area contributed by atoms with Gasteiger partial charge >= 0.3 is 0 Å². The summed E-state index contributed by atoms with van der Waals surface area (Å²) in [5.41, 5.74) is 0.447. The maximum Gasteiger partial charge on any atom is 0.234 e. The van der Waals surface area contributed by atoms with Crippen LogP contribution in [0.2, 0.25) is 0 Å². The molecule has 136 valence electrons. The lowest BCUT2D eigenvalue weighted by Crippen LogP contribution is -2.40. The van der Waals surface area contributed by atoms with E-state index in [4.69, 9.17) is 0 Å². The van der Waals surface area contributed by atoms with Crippen LogP contribution in [0.3, 0.4) is 0 Å². The maximum absolute atomic E-state index is 14.7. The van der Waals surface area contributed by atoms with Crippen molar-refractivity contribution in [2.75, 3.05) is 13.1 Å². The zero-order valence-electron chi connectivity index (χ0n) is 14.6. The van der Waals surface area contributed by atoms with Gasteiger partial charge in [0.1, 0.15) is 11.6 Å². The zero-order valence-corrected chi connectivity index (χ0v) is 14.6. The molecule has 3 rings (SSSR count). The van der Waals surface area contributed by atoms with Crippen LogP contribution in [0, 0.1) is 11.6 Å². The van der Waals surface area contributed by atoms with Crippen molar-refractivity contribution in [1.29, 1.82) is 0 Å². The number of amides is 2. The van der Waals surface area contributed by atoms with Gasteiger partial charge in [-0.05, 0) is 69.8 Å². The molecule has 1 N–H and O–H groups in total. The van der Waals surface area contributed by atoms with E-state index in [1.165, 1.54) is 6.07 Å². The van der Waals surface area contributed by atoms with Crippen molar-refractivity contribution >= 4 is 11.8 Å². The van der Waals surface area contributed by atoms with Crippen molar-refractivity contribution in [2.45, 2.75) is 57.4 Å². The Kier molecular flexibility index (Phi) is 5.18. The van der Waals surface area contributed by atoms with E-state index in [2.05, 4.69) is 24.1 Å². The van der Waals surface area contributed by atoms with Gasteiger partial charge in [-0.2, -0.15) is 0 Å². The Balaban J connectivity index is 1.79. The number of carbonyl (C=O) groups is 2. The molecule has 0 saturated carbocycles. The smallest absolute Gasteiger partial charge is 0.234 e. The minimum atomic E-state index is -0.802. The predicted molar refractivity (Wildman–Crippen MR) is 90.2 cm³/mol. The van der Waals surface area contributed by atoms with Crippen molar-refractivity contribution < 1.29 is 18.4 Å². The van der Waals surface area contributed by atoms with Crippen molar-refractivity contribution in [1.82, 2.24) is 10.2 Å². The molecule has 1 aromatic rings. The second-order valence-corrected chi connectivity index (χ2v) is 7.30. The lowest BCUT2D eigenvalue weighted by atomic mass is 9.85. The van der Waals surface area contributed by atoms with Crippen LogP contribution in [0.15, 0.2) is 12.1 Å². The highest BCUT2D eigenvalue weighted by molar-refractivity contribution is 6.00. The Labute approximate surface area is 146 Å². The molecular weight excluding hydrogens is 326 g/mol. The number of nitrogens with one attached hydrogen (secondary N) is 1. The highest BCUT2D eigenvalue weighted by Gasteiger charge is 2.32. The van der Waals surface area contributed by atoms with Crippen LogP contribution in [-0.2, 0) is 9.59 Å². The molecule has 25 heavy (non-hydrogen) atoms. The highest BCUT2D eigenvalue weighted by atomic mass is 19.1. The van der Waals surface area contributed by atoms with Gasteiger partial charge in [0.15, 0.2) is 0 Å². The molecule has 2 amide bonds. The Morgan fingerprint density at radius 2 is 1.64 bits per heavy atom. The molecule has 0 bridgehead atoms. The minimum absolute atomic E-state index is 0.000287. The van der Waals surface area contributed by atoms with E-state index in [0.717, 1.165) is 32.0 Å². The molecule has 1 atom stereocenters. The monoisotopic (exact) mass is 350 g/mol. The summed E-state index contributed by atoms with van der Waals surface area (Å²) >= 11 is 0. The molecule has 1 unspecified atom stereocenters. The molecule has 0 spiro atoms. The quantitative estimate of drug-likeness (QED) is 0.853. The summed E-state index contributed by atoms with van der Waals surface area (Å²) in [6.07, 6.45) is 1.96. The van der Waals surface area contributed by atoms with E-state index in [0.29, 0.717) is 11.6 Å². The lowest BCUT2D eigenvalue weighted by molar-refractivity contribution is -0.134. The topological polar surface area (TPSA) is 49.4 Å². The molecule has 2 fully saturated rings. The van der Waals surface area contributed by atoms with E-state index >= 15 is 0 Å². The summed E-state index contributed by atoms with van der Waals surface area (Å²) in [7, 11) is 0. The summed E-state index contributed by atoms with van der Waals surface area (Å²) in [5.74, 6) is -2.73. The number of imide groups is 1. The fraction of sp³-hybridized carbons (Fsp3) is 0.579. The fourth-order valence-corrected chi connectivity index (χ4v) is 3.87. The average molecular weight is 350 g/mol. The van der Waals surface area contributed by atoms with Gasteiger partial charge < -0.3 is 4.90 Å². The summed E-state index contributed by atoms with van der Waals surface area (Å²) in [5, 5.41) is 2.20. The Morgan fingerprint density at radius 3 is 2.24 bits per heavy atom. The second kappa shape index (κ2) is 7.20. The molecule has 2 aliphatic rings. The Hall–Kier alpha value is -1.82. The first-order chi connectivity index (χ1) is 11.9. The zero-order chi connectivity index (χ0) is 18.1. The summed E-state index contributed by atoms with van der Waals surface area (Å²) < 4.78 is 29.3. The van der Waals surface area contributed by atoms with E-state index in [1.54, 1.807) is 0 Å². The number of hydrogen-bond acceptors (Lipinski definition) is 3. The standard InChI is InChI=1S/C19H24F2N2O2/c1-11(2)23-7-5-12(6-8-23)14-9-17(21)15(10-16(14)20)13-3-4-18(24)22-19(13)25/h9-13H,3-8H2,1-2H3,(H,22,24,25). The van der Waals surface area contributed by atoms with E-state index in [-0.39, 0.29) is 30.2 Å². The number of benzene rings is 1. The van der Waals surface area contributed by atoms with Gasteiger partial charge in [-0.3, -0.25) is 14.9 Å². The number of rotatable bonds is 3. The van der Waals surface area contributed by atoms with Gasteiger partial charge in [0.25, 0.3) is 0 Å². The molecular formula is C19H24F2N2O2. The van der Waals surface area contributed by atoms with Gasteiger partial charge in [-0.1, -0.05) is 0 Å². The van der Waals surface area contributed by atoms with Crippen LogP contribution in [0.1, 0.15) is 62.5 Å². The first-order valence-corrected chi connectivity index (χ1v) is 8.93. The predicted octanol–water partition coefficient (Wildman–Crippen LogP) is 3.07. The Morgan fingerprint density at radius 1 is 1.04 bits per heavy atom. The van der Waals surface area contributed by atoms with Crippen LogP contribution in [0.4, 0.5) is 8.78 Å². The van der Waals surface area contributed by atoms with Gasteiger partial charge in [0.2, 0.25) is 11.8 Å². The lowest BCUT2D eigenvalue weighted by Gasteiger charge is -2.35. The van der Waals surface area contributed by atoms with E-state index in [9.17, 15) is 18.4 Å². The Bertz CT molecular complexity index is 682. The number of likely N-dealkylation sites (tertiary alicyclic amines) is 1. The van der Waals surface area contributed by atoms with Crippen molar-refractivity contribution in [3.63, 3.8) is 0 Å². The third-order valence-electron chi connectivity index (χ3n) is 5.43. The van der Waals surface area contributed by atoms with Crippen LogP contribution in [0.25, 0.3) is 0 Å². The highest BCUT2D eigenvalue weighted by Crippen LogP contribution is 2.34. The number of halogens is 2. The third kappa shape index (κ3) is 3.73. The number of carbonyl (C=O) groups excluding carboxylic acids is 2. The van der Waals surface area contributed by atoms with E-state index < -0.39 is 23.5 Å². The van der Waals surface area contributed by atoms with Crippen LogP contribution in [0.5, 0.6) is 0 Å². The maximum atomic E-state index is 14.7. The average Bonchev–Trinajstić information content (AvgIpc) is 2.57. The molecule has 2 saturated heterocycles. The minimum Gasteiger partial charge on any atom is -0.301 e. The van der Waals surface area contributed by atoms with Crippen LogP contribution >= 0.6 is 0 Å². The molecule has 2 aliphatic heterocycles. The van der Waals surface area contributed by atoms with Crippen molar-refractivity contribution in [3.8, 4) is 0 Å². The van der Waals surface area contributed by atoms with Gasteiger partial charge in [0, 0.05) is 18.0 Å². The number of piperidine rings is 2. The van der Waals surface area contributed by atoms with Gasteiger partial charge in [-0.25, -0.2) is 8.78 Å². The fourth-order valence-electron chi connectivity index (χ4n) is 3.87. The summed E-state index contributed by atoms with van der Waals surface area (Å²) in [4.78, 5) is 25.5. The van der Waals surface area contributed by atoms with Gasteiger partial charge in [0.05, 0.1) is 5.92 Å². The third-order valence-corrected chi connectivity index (χ3v) is 5.43. The first-order valence-electron chi connectivity index (χ1n) is 8.93. The molecule has 6 heteroatoms. The number of nitrogens with zero attached hydrogens (tertiary/aromatic N) is 1. The van der Waals surface area contributed by atoms with Crippen molar-refractivity contribution in [2.24, 2.45) is 0 Å². The molecule has 0 radical (unpaired) electrons.